The molecule has 0 fully saturated rings. The van der Waals surface area contributed by atoms with Gasteiger partial charge in [-0.25, -0.2) is 0 Å². The van der Waals surface area contributed by atoms with Crippen LogP contribution in [0.4, 0.5) is 0 Å². The molecule has 3 heteroatoms. The minimum Gasteiger partial charge on any atom is -0.497 e. The van der Waals surface area contributed by atoms with Crippen LogP contribution >= 0.6 is 0 Å². The quantitative estimate of drug-likeness (QED) is 0.792. The summed E-state index contributed by atoms with van der Waals surface area (Å²) in [5.41, 5.74) is 2.81. The number of benzene rings is 2. The maximum absolute atomic E-state index is 8.99. The van der Waals surface area contributed by atoms with E-state index >= 15 is 0 Å². The molecule has 0 amide bonds. The van der Waals surface area contributed by atoms with E-state index in [1.165, 1.54) is 0 Å². The third kappa shape index (κ3) is 2.99. The zero-order chi connectivity index (χ0) is 14.4. The molecule has 0 saturated heterocycles. The van der Waals surface area contributed by atoms with Crippen LogP contribution in [-0.4, -0.2) is 14.2 Å². The van der Waals surface area contributed by atoms with Gasteiger partial charge in [0.2, 0.25) is 0 Å². The van der Waals surface area contributed by atoms with Gasteiger partial charge in [-0.15, -0.1) is 0 Å². The molecule has 0 aliphatic heterocycles. The van der Waals surface area contributed by atoms with E-state index in [0.29, 0.717) is 0 Å². The first-order valence-corrected chi connectivity index (χ1v) is 6.17. The van der Waals surface area contributed by atoms with Gasteiger partial charge in [0.15, 0.2) is 0 Å². The first-order valence-electron chi connectivity index (χ1n) is 6.17. The van der Waals surface area contributed by atoms with Crippen LogP contribution in [0.15, 0.2) is 54.6 Å². The number of methoxy groups -OCH3 is 2. The molecule has 0 unspecified atom stereocenters. The smallest absolute Gasteiger partial charge is 0.118 e. The fraction of sp³-hybridized carbons (Fsp3) is 0.118. The predicted octanol–water partition coefficient (Wildman–Crippen LogP) is 3.66. The van der Waals surface area contributed by atoms with E-state index in [1.54, 1.807) is 20.3 Å². The Labute approximate surface area is 118 Å². The third-order valence-corrected chi connectivity index (χ3v) is 3.01. The van der Waals surface area contributed by atoms with Crippen molar-refractivity contribution in [3.05, 3.63) is 65.7 Å². The summed E-state index contributed by atoms with van der Waals surface area (Å²) in [5, 5.41) is 8.99. The molecule has 0 bridgehead atoms. The molecule has 2 aromatic carbocycles. The summed E-state index contributed by atoms with van der Waals surface area (Å²) in [7, 11) is 3.26. The van der Waals surface area contributed by atoms with Crippen LogP contribution in [0.3, 0.4) is 0 Å². The topological polar surface area (TPSA) is 42.2 Å². The van der Waals surface area contributed by atoms with Crippen molar-refractivity contribution in [3.63, 3.8) is 0 Å². The van der Waals surface area contributed by atoms with Gasteiger partial charge < -0.3 is 9.47 Å². The highest BCUT2D eigenvalue weighted by atomic mass is 16.5. The molecule has 0 aromatic heterocycles. The Kier molecular flexibility index (Phi) is 4.41. The van der Waals surface area contributed by atoms with Crippen molar-refractivity contribution in [1.29, 1.82) is 5.26 Å². The molecule has 20 heavy (non-hydrogen) atoms. The number of nitriles is 1. The lowest BCUT2D eigenvalue weighted by Crippen LogP contribution is -1.90. The monoisotopic (exact) mass is 265 g/mol. The summed E-state index contributed by atoms with van der Waals surface area (Å²) in [6.07, 6.45) is 1.55. The van der Waals surface area contributed by atoms with Crippen molar-refractivity contribution in [1.82, 2.24) is 0 Å². The average molecular weight is 265 g/mol. The van der Waals surface area contributed by atoms with Gasteiger partial charge in [0.25, 0.3) is 0 Å². The zero-order valence-corrected chi connectivity index (χ0v) is 11.5. The maximum atomic E-state index is 8.99. The molecular weight excluding hydrogens is 250 g/mol. The van der Waals surface area contributed by atoms with Crippen molar-refractivity contribution < 1.29 is 9.47 Å². The fourth-order valence-electron chi connectivity index (χ4n) is 1.94. The first kappa shape index (κ1) is 13.7. The van der Waals surface area contributed by atoms with Crippen molar-refractivity contribution in [2.45, 2.75) is 0 Å². The molecule has 0 atom stereocenters. The molecule has 0 aliphatic carbocycles. The second-order valence-electron chi connectivity index (χ2n) is 4.14. The molecule has 2 rings (SSSR count). The predicted molar refractivity (Wildman–Crippen MR) is 78.7 cm³/mol. The molecule has 0 heterocycles. The van der Waals surface area contributed by atoms with E-state index in [4.69, 9.17) is 14.7 Å². The number of hydrogen-bond acceptors (Lipinski definition) is 3. The Morgan fingerprint density at radius 3 is 1.55 bits per heavy atom. The van der Waals surface area contributed by atoms with Gasteiger partial charge in [-0.05, 0) is 41.0 Å². The maximum Gasteiger partial charge on any atom is 0.118 e. The lowest BCUT2D eigenvalue weighted by molar-refractivity contribution is 0.414. The lowest BCUT2D eigenvalue weighted by Gasteiger charge is -2.09. The van der Waals surface area contributed by atoms with Gasteiger partial charge in [-0.2, -0.15) is 5.26 Å². The zero-order valence-electron chi connectivity index (χ0n) is 11.5. The molecular formula is C17H15NO2. The number of nitrogens with zero attached hydrogens (tertiary/aromatic N) is 1. The normalized spacial score (nSPS) is 9.45. The van der Waals surface area contributed by atoms with Gasteiger partial charge in [-0.1, -0.05) is 24.3 Å². The number of ether oxygens (including phenoxy) is 2. The van der Waals surface area contributed by atoms with Crippen LogP contribution in [-0.2, 0) is 0 Å². The summed E-state index contributed by atoms with van der Waals surface area (Å²) >= 11 is 0. The van der Waals surface area contributed by atoms with E-state index in [1.807, 2.05) is 48.5 Å². The second-order valence-corrected chi connectivity index (χ2v) is 4.14. The lowest BCUT2D eigenvalue weighted by atomic mass is 9.97. The SMILES string of the molecule is COc1ccc(C(=CC#N)c2ccc(OC)cc2)cc1. The number of rotatable bonds is 4. The molecule has 0 N–H and O–H groups in total. The highest BCUT2D eigenvalue weighted by Crippen LogP contribution is 2.26. The summed E-state index contributed by atoms with van der Waals surface area (Å²) in [6, 6.07) is 17.4. The summed E-state index contributed by atoms with van der Waals surface area (Å²) in [4.78, 5) is 0. The van der Waals surface area contributed by atoms with Gasteiger partial charge >= 0.3 is 0 Å². The van der Waals surface area contributed by atoms with E-state index in [-0.39, 0.29) is 0 Å². The van der Waals surface area contributed by atoms with Crippen molar-refractivity contribution in [3.8, 4) is 17.6 Å². The van der Waals surface area contributed by atoms with Crippen LogP contribution in [0.2, 0.25) is 0 Å². The second kappa shape index (κ2) is 6.44. The Morgan fingerprint density at radius 2 is 1.25 bits per heavy atom. The summed E-state index contributed by atoms with van der Waals surface area (Å²) in [5.74, 6) is 1.58. The van der Waals surface area contributed by atoms with Gasteiger partial charge in [0.05, 0.1) is 20.3 Å². The third-order valence-electron chi connectivity index (χ3n) is 3.01. The van der Waals surface area contributed by atoms with E-state index in [9.17, 15) is 0 Å². The molecule has 0 saturated carbocycles. The van der Waals surface area contributed by atoms with Gasteiger partial charge in [0, 0.05) is 6.08 Å². The highest BCUT2D eigenvalue weighted by molar-refractivity contribution is 5.81. The minimum absolute atomic E-state index is 0.791. The van der Waals surface area contributed by atoms with E-state index in [2.05, 4.69) is 6.07 Å². The van der Waals surface area contributed by atoms with Gasteiger partial charge in [-0.3, -0.25) is 0 Å². The van der Waals surface area contributed by atoms with Gasteiger partial charge in [0.1, 0.15) is 11.5 Å². The minimum atomic E-state index is 0.791. The molecule has 3 nitrogen and oxygen atoms in total. The Balaban J connectivity index is 2.40. The standard InChI is InChI=1S/C17H15NO2/c1-19-15-7-3-13(4-8-15)17(11-12-18)14-5-9-16(20-2)10-6-14/h3-11H,1-2H3. The highest BCUT2D eigenvalue weighted by Gasteiger charge is 2.05. The largest absolute Gasteiger partial charge is 0.497 e. The first-order chi connectivity index (χ1) is 9.78. The average Bonchev–Trinajstić information content (AvgIpc) is 2.53. The van der Waals surface area contributed by atoms with E-state index in [0.717, 1.165) is 28.2 Å². The molecule has 0 aliphatic rings. The molecule has 0 radical (unpaired) electrons. The van der Waals surface area contributed by atoms with Crippen LogP contribution in [0.25, 0.3) is 5.57 Å². The van der Waals surface area contributed by atoms with Crippen LogP contribution in [0.5, 0.6) is 11.5 Å². The summed E-state index contributed by atoms with van der Waals surface area (Å²) in [6.45, 7) is 0. The van der Waals surface area contributed by atoms with Crippen molar-refractivity contribution in [2.24, 2.45) is 0 Å². The van der Waals surface area contributed by atoms with E-state index < -0.39 is 0 Å². The van der Waals surface area contributed by atoms with Crippen molar-refractivity contribution in [2.75, 3.05) is 14.2 Å². The Bertz CT molecular complexity index is 585. The molecule has 2 aromatic rings. The van der Waals surface area contributed by atoms with Crippen LogP contribution in [0.1, 0.15) is 11.1 Å². The number of hydrogen-bond donors (Lipinski definition) is 0. The summed E-state index contributed by atoms with van der Waals surface area (Å²) < 4.78 is 10.3. The molecule has 100 valence electrons. The van der Waals surface area contributed by atoms with Crippen LogP contribution < -0.4 is 9.47 Å². The molecule has 0 spiro atoms. The fourth-order valence-corrected chi connectivity index (χ4v) is 1.94. The Hall–Kier alpha value is -2.73. The number of allylic oxidation sites excluding steroid dienone is 1. The van der Waals surface area contributed by atoms with Crippen molar-refractivity contribution >= 4 is 5.57 Å². The Morgan fingerprint density at radius 1 is 0.850 bits per heavy atom. The van der Waals surface area contributed by atoms with Crippen LogP contribution in [0, 0.1) is 11.3 Å².